The topological polar surface area (TPSA) is 66.8 Å². The maximum Gasteiger partial charge on any atom is 0.469 e. The molecule has 0 radical (unpaired) electrons. The van der Waals surface area contributed by atoms with E-state index < -0.39 is 13.9 Å². The third-order valence-electron chi connectivity index (χ3n) is 2.64. The van der Waals surface area contributed by atoms with Gasteiger partial charge in [0.2, 0.25) is 0 Å². The maximum atomic E-state index is 10.9. The van der Waals surface area contributed by atoms with E-state index in [9.17, 15) is 4.57 Å². The summed E-state index contributed by atoms with van der Waals surface area (Å²) in [7, 11) is -4.41. The van der Waals surface area contributed by atoms with Crippen molar-refractivity contribution >= 4 is 7.82 Å². The van der Waals surface area contributed by atoms with Gasteiger partial charge in [-0.2, -0.15) is 0 Å². The van der Waals surface area contributed by atoms with Crippen LogP contribution in [0.5, 0.6) is 0 Å². The molecule has 0 rings (SSSR count). The zero-order valence-corrected chi connectivity index (χ0v) is 12.2. The number of phosphoric ester groups is 1. The van der Waals surface area contributed by atoms with E-state index in [2.05, 4.69) is 41.5 Å². The van der Waals surface area contributed by atoms with Gasteiger partial charge < -0.3 is 9.79 Å². The monoisotopic (exact) mass is 252 g/mol. The van der Waals surface area contributed by atoms with Crippen LogP contribution in [0.3, 0.4) is 0 Å². The van der Waals surface area contributed by atoms with Crippen LogP contribution in [0.25, 0.3) is 0 Å². The van der Waals surface area contributed by atoms with Gasteiger partial charge in [-0.25, -0.2) is 4.57 Å². The molecule has 0 bridgehead atoms. The van der Waals surface area contributed by atoms with Crippen LogP contribution in [0.15, 0.2) is 0 Å². The van der Waals surface area contributed by atoms with Crippen molar-refractivity contribution < 1.29 is 18.9 Å². The minimum absolute atomic E-state index is 0.0487. The van der Waals surface area contributed by atoms with Crippen molar-refractivity contribution in [2.45, 2.75) is 54.6 Å². The molecule has 0 aliphatic rings. The Morgan fingerprint density at radius 2 is 1.31 bits per heavy atom. The molecule has 2 N–H and O–H groups in total. The van der Waals surface area contributed by atoms with Gasteiger partial charge in [0.1, 0.15) is 0 Å². The van der Waals surface area contributed by atoms with E-state index in [1.54, 1.807) is 6.92 Å². The maximum absolute atomic E-state index is 10.9. The predicted octanol–water partition coefficient (Wildman–Crippen LogP) is 3.19. The van der Waals surface area contributed by atoms with Crippen molar-refractivity contribution in [3.63, 3.8) is 0 Å². The highest BCUT2D eigenvalue weighted by Gasteiger charge is 2.41. The molecule has 0 aromatic heterocycles. The smallest absolute Gasteiger partial charge is 0.303 e. The second-order valence-electron chi connectivity index (χ2n) is 6.51. The summed E-state index contributed by atoms with van der Waals surface area (Å²) in [6, 6.07) is 0. The molecule has 1 atom stereocenters. The molecule has 0 aromatic rings. The van der Waals surface area contributed by atoms with Gasteiger partial charge in [-0.1, -0.05) is 41.5 Å². The zero-order valence-electron chi connectivity index (χ0n) is 11.3. The van der Waals surface area contributed by atoms with Crippen LogP contribution in [-0.4, -0.2) is 15.9 Å². The van der Waals surface area contributed by atoms with Crippen LogP contribution in [-0.2, 0) is 9.09 Å². The second kappa shape index (κ2) is 4.77. The van der Waals surface area contributed by atoms with E-state index in [-0.39, 0.29) is 16.7 Å². The molecule has 5 heteroatoms. The predicted molar refractivity (Wildman–Crippen MR) is 65.0 cm³/mol. The van der Waals surface area contributed by atoms with Gasteiger partial charge in [-0.15, -0.1) is 0 Å². The lowest BCUT2D eigenvalue weighted by atomic mass is 9.64. The molecule has 0 fully saturated rings. The van der Waals surface area contributed by atoms with Crippen molar-refractivity contribution in [2.24, 2.45) is 16.7 Å². The highest BCUT2D eigenvalue weighted by atomic mass is 31.2. The summed E-state index contributed by atoms with van der Waals surface area (Å²) >= 11 is 0. The fourth-order valence-corrected chi connectivity index (χ4v) is 3.54. The first-order valence-corrected chi connectivity index (χ1v) is 7.02. The van der Waals surface area contributed by atoms with E-state index in [0.29, 0.717) is 0 Å². The van der Waals surface area contributed by atoms with Crippen LogP contribution in [0.4, 0.5) is 0 Å². The third kappa shape index (κ3) is 5.44. The normalized spacial score (nSPS) is 16.6. The van der Waals surface area contributed by atoms with Crippen LogP contribution >= 0.6 is 7.82 Å². The summed E-state index contributed by atoms with van der Waals surface area (Å²) in [6.07, 6.45) is -0.485. The molecule has 1 unspecified atom stereocenters. The highest BCUT2D eigenvalue weighted by Crippen LogP contribution is 2.48. The van der Waals surface area contributed by atoms with Gasteiger partial charge in [0, 0.05) is 0 Å². The van der Waals surface area contributed by atoms with Crippen molar-refractivity contribution in [3.8, 4) is 0 Å². The Labute approximate surface area is 98.6 Å². The molecule has 0 amide bonds. The SMILES string of the molecule is CC(OP(=O)(O)O)C(C(C)(C)C)C(C)(C)C. The summed E-state index contributed by atoms with van der Waals surface area (Å²) in [5.74, 6) is 0.0487. The average molecular weight is 252 g/mol. The Balaban J connectivity index is 5.01. The van der Waals surface area contributed by atoms with E-state index >= 15 is 0 Å². The fraction of sp³-hybridized carbons (Fsp3) is 1.00. The van der Waals surface area contributed by atoms with Gasteiger partial charge in [0.15, 0.2) is 0 Å². The molecule has 4 nitrogen and oxygen atoms in total. The Kier molecular flexibility index (Phi) is 4.80. The fourth-order valence-electron chi connectivity index (χ4n) is 2.98. The number of rotatable bonds is 3. The number of hydrogen-bond donors (Lipinski definition) is 2. The van der Waals surface area contributed by atoms with E-state index in [1.807, 2.05) is 0 Å². The average Bonchev–Trinajstić information content (AvgIpc) is 1.70. The molecule has 0 aromatic carbocycles. The Morgan fingerprint density at radius 3 is 1.50 bits per heavy atom. The summed E-state index contributed by atoms with van der Waals surface area (Å²) in [5.41, 5.74) is -0.153. The largest absolute Gasteiger partial charge is 0.469 e. The first-order chi connectivity index (χ1) is 6.75. The van der Waals surface area contributed by atoms with Crippen LogP contribution < -0.4 is 0 Å². The Bertz CT molecular complexity index is 255. The van der Waals surface area contributed by atoms with Gasteiger partial charge >= 0.3 is 7.82 Å². The molecule has 0 saturated carbocycles. The second-order valence-corrected chi connectivity index (χ2v) is 7.70. The van der Waals surface area contributed by atoms with E-state index in [0.717, 1.165) is 0 Å². The molecule has 0 aliphatic carbocycles. The van der Waals surface area contributed by atoms with Crippen LogP contribution in [0.1, 0.15) is 48.5 Å². The van der Waals surface area contributed by atoms with Crippen molar-refractivity contribution in [3.05, 3.63) is 0 Å². The number of hydrogen-bond acceptors (Lipinski definition) is 2. The van der Waals surface area contributed by atoms with Crippen molar-refractivity contribution in [2.75, 3.05) is 0 Å². The third-order valence-corrected chi connectivity index (χ3v) is 3.25. The molecular weight excluding hydrogens is 227 g/mol. The minimum Gasteiger partial charge on any atom is -0.303 e. The Hall–Kier alpha value is 0.110. The first kappa shape index (κ1) is 16.1. The van der Waals surface area contributed by atoms with E-state index in [1.165, 1.54) is 0 Å². The summed E-state index contributed by atoms with van der Waals surface area (Å²) in [5, 5.41) is 0. The molecular formula is C11H25O4P. The molecule has 0 spiro atoms. The molecule has 0 saturated heterocycles. The van der Waals surface area contributed by atoms with Crippen molar-refractivity contribution in [1.82, 2.24) is 0 Å². The van der Waals surface area contributed by atoms with Gasteiger partial charge in [-0.3, -0.25) is 4.52 Å². The van der Waals surface area contributed by atoms with E-state index in [4.69, 9.17) is 14.3 Å². The lowest BCUT2D eigenvalue weighted by Crippen LogP contribution is -2.41. The zero-order chi connectivity index (χ0) is 13.4. The summed E-state index contributed by atoms with van der Waals surface area (Å²) < 4.78 is 15.7. The lowest BCUT2D eigenvalue weighted by Gasteiger charge is -2.44. The van der Waals surface area contributed by atoms with Crippen LogP contribution in [0, 0.1) is 16.7 Å². The Morgan fingerprint density at radius 1 is 1.00 bits per heavy atom. The molecule has 0 heterocycles. The highest BCUT2D eigenvalue weighted by molar-refractivity contribution is 7.46. The van der Waals surface area contributed by atoms with Gasteiger partial charge in [0.05, 0.1) is 6.10 Å². The summed E-state index contributed by atoms with van der Waals surface area (Å²) in [4.78, 5) is 17.7. The van der Waals surface area contributed by atoms with Gasteiger partial charge in [0.25, 0.3) is 0 Å². The quantitative estimate of drug-likeness (QED) is 0.757. The van der Waals surface area contributed by atoms with Gasteiger partial charge in [-0.05, 0) is 23.7 Å². The first-order valence-electron chi connectivity index (χ1n) is 5.49. The summed E-state index contributed by atoms with van der Waals surface area (Å²) in [6.45, 7) is 14.1. The number of phosphoric acid groups is 1. The minimum atomic E-state index is -4.41. The lowest BCUT2D eigenvalue weighted by molar-refractivity contribution is -0.0141. The molecule has 98 valence electrons. The standard InChI is InChI=1S/C11H25O4P/c1-8(15-16(12,13)14)9(10(2,3)4)11(5,6)7/h8-9H,1-7H3,(H2,12,13,14). The van der Waals surface area contributed by atoms with Crippen molar-refractivity contribution in [1.29, 1.82) is 0 Å². The molecule has 16 heavy (non-hydrogen) atoms. The molecule has 0 aliphatic heterocycles. The van der Waals surface area contributed by atoms with Crippen LogP contribution in [0.2, 0.25) is 0 Å².